The molecule has 1 spiro atoms. The third kappa shape index (κ3) is 2.70. The highest BCUT2D eigenvalue weighted by Gasteiger charge is 2.70. The Morgan fingerprint density at radius 2 is 1.84 bits per heavy atom. The molecule has 0 saturated carbocycles. The van der Waals surface area contributed by atoms with E-state index in [1.807, 2.05) is 6.07 Å². The van der Waals surface area contributed by atoms with E-state index in [-0.39, 0.29) is 18.5 Å². The summed E-state index contributed by atoms with van der Waals surface area (Å²) in [4.78, 5) is 52.8. The number of amides is 4. The number of fused-ring (bicyclic) bond motifs is 4. The fourth-order valence-corrected chi connectivity index (χ4v) is 5.15. The quantitative estimate of drug-likeness (QED) is 0.624. The van der Waals surface area contributed by atoms with Gasteiger partial charge >= 0.3 is 0 Å². The Morgan fingerprint density at radius 1 is 1.10 bits per heavy atom. The molecular weight excluding hydrogens is 403 g/mol. The Kier molecular flexibility index (Phi) is 4.19. The number of likely N-dealkylation sites (tertiary alicyclic amines) is 1. The van der Waals surface area contributed by atoms with Gasteiger partial charge in [0.05, 0.1) is 18.4 Å². The van der Waals surface area contributed by atoms with Crippen molar-refractivity contribution in [3.63, 3.8) is 0 Å². The van der Waals surface area contributed by atoms with Gasteiger partial charge < -0.3 is 11.1 Å². The van der Waals surface area contributed by atoms with Crippen molar-refractivity contribution in [2.24, 2.45) is 17.6 Å². The number of hydrogen-bond donors (Lipinski definition) is 3. The minimum absolute atomic E-state index is 0.0442. The lowest BCUT2D eigenvalue weighted by molar-refractivity contribution is -0.143. The Bertz CT molecular complexity index is 1140. The zero-order valence-corrected chi connectivity index (χ0v) is 16.3. The van der Waals surface area contributed by atoms with Crippen LogP contribution >= 0.6 is 0 Å². The molecule has 5 rings (SSSR count). The molecule has 3 aliphatic heterocycles. The molecule has 0 aromatic heterocycles. The van der Waals surface area contributed by atoms with Gasteiger partial charge in [0.15, 0.2) is 0 Å². The van der Waals surface area contributed by atoms with Crippen molar-refractivity contribution in [2.75, 3.05) is 5.32 Å². The van der Waals surface area contributed by atoms with E-state index in [1.165, 1.54) is 18.2 Å². The smallest absolute Gasteiger partial charge is 0.250 e. The van der Waals surface area contributed by atoms with Crippen molar-refractivity contribution < 1.29 is 23.6 Å². The monoisotopic (exact) mass is 422 g/mol. The fraction of sp³-hybridized carbons (Fsp3) is 0.273. The lowest BCUT2D eigenvalue weighted by Gasteiger charge is -2.29. The minimum atomic E-state index is -1.65. The molecule has 158 valence electrons. The number of benzene rings is 2. The molecule has 8 nitrogen and oxygen atoms in total. The molecule has 3 aliphatic rings. The lowest BCUT2D eigenvalue weighted by atomic mass is 9.76. The highest BCUT2D eigenvalue weighted by atomic mass is 19.1. The van der Waals surface area contributed by atoms with Crippen molar-refractivity contribution in [1.82, 2.24) is 10.2 Å². The Hall–Kier alpha value is -3.59. The van der Waals surface area contributed by atoms with Crippen LogP contribution in [0.4, 0.5) is 10.1 Å². The first-order valence-electron chi connectivity index (χ1n) is 9.89. The molecule has 31 heavy (non-hydrogen) atoms. The first-order valence-corrected chi connectivity index (χ1v) is 9.89. The van der Waals surface area contributed by atoms with Gasteiger partial charge in [0, 0.05) is 23.7 Å². The molecule has 4 N–H and O–H groups in total. The summed E-state index contributed by atoms with van der Waals surface area (Å²) < 4.78 is 14.1. The molecule has 0 aliphatic carbocycles. The predicted molar refractivity (Wildman–Crippen MR) is 106 cm³/mol. The van der Waals surface area contributed by atoms with E-state index >= 15 is 0 Å². The van der Waals surface area contributed by atoms with Crippen molar-refractivity contribution in [3.8, 4) is 0 Å². The first-order chi connectivity index (χ1) is 14.8. The third-order valence-corrected chi connectivity index (χ3v) is 6.37. The third-order valence-electron chi connectivity index (χ3n) is 6.37. The Morgan fingerprint density at radius 3 is 2.55 bits per heavy atom. The fourth-order valence-electron chi connectivity index (χ4n) is 5.15. The molecule has 9 heteroatoms. The van der Waals surface area contributed by atoms with Crippen LogP contribution in [-0.2, 0) is 31.3 Å². The average molecular weight is 422 g/mol. The number of halogens is 1. The normalized spacial score (nSPS) is 28.7. The standard InChI is InChI=1S/C22H19FN4O4/c23-12-6-7-14-13(8-12)22(21(31)25-14)18-17(15(26-22)9-16(24)28)19(29)27(20(18)30)10-11-4-2-1-3-5-11/h1-8,15,17-18,26H,9-10H2,(H2,24,28)(H,25,31)/t15-,17-,18+,22+/m1/s1. The number of nitrogens with zero attached hydrogens (tertiary/aromatic N) is 1. The van der Waals surface area contributed by atoms with Crippen LogP contribution in [0.3, 0.4) is 0 Å². The van der Waals surface area contributed by atoms with Crippen LogP contribution in [0.15, 0.2) is 48.5 Å². The molecule has 2 aromatic rings. The van der Waals surface area contributed by atoms with Gasteiger partial charge in [-0.3, -0.25) is 29.4 Å². The maximum Gasteiger partial charge on any atom is 0.250 e. The average Bonchev–Trinajstić information content (AvgIpc) is 3.29. The van der Waals surface area contributed by atoms with Crippen molar-refractivity contribution in [2.45, 2.75) is 24.5 Å². The SMILES string of the molecule is NC(=O)C[C@H]1N[C@]2(C(=O)Nc3ccc(F)cc32)[C@@H]2C(=O)N(Cc3ccccc3)C(=O)[C@@H]21. The number of carbonyl (C=O) groups excluding carboxylic acids is 4. The van der Waals surface area contributed by atoms with Crippen LogP contribution in [0.1, 0.15) is 17.5 Å². The summed E-state index contributed by atoms with van der Waals surface area (Å²) in [6, 6.07) is 12.0. The van der Waals surface area contributed by atoms with E-state index in [0.717, 1.165) is 10.5 Å². The highest BCUT2D eigenvalue weighted by Crippen LogP contribution is 2.53. The largest absolute Gasteiger partial charge is 0.370 e. The van der Waals surface area contributed by atoms with E-state index in [9.17, 15) is 23.6 Å². The molecule has 2 aromatic carbocycles. The van der Waals surface area contributed by atoms with Crippen LogP contribution in [0.2, 0.25) is 0 Å². The highest BCUT2D eigenvalue weighted by molar-refractivity contribution is 6.15. The van der Waals surface area contributed by atoms with E-state index in [0.29, 0.717) is 5.69 Å². The Balaban J connectivity index is 1.62. The van der Waals surface area contributed by atoms with Crippen LogP contribution in [-0.4, -0.2) is 34.6 Å². The number of nitrogens with one attached hydrogen (secondary N) is 2. The molecule has 4 amide bonds. The van der Waals surface area contributed by atoms with Crippen LogP contribution in [0, 0.1) is 17.7 Å². The molecule has 4 atom stereocenters. The van der Waals surface area contributed by atoms with E-state index in [2.05, 4.69) is 10.6 Å². The van der Waals surface area contributed by atoms with Crippen molar-refractivity contribution in [1.29, 1.82) is 0 Å². The molecule has 0 radical (unpaired) electrons. The van der Waals surface area contributed by atoms with Gasteiger partial charge in [0.1, 0.15) is 11.4 Å². The van der Waals surface area contributed by atoms with E-state index in [4.69, 9.17) is 5.73 Å². The summed E-state index contributed by atoms with van der Waals surface area (Å²) in [6.07, 6.45) is -0.237. The van der Waals surface area contributed by atoms with Gasteiger partial charge in [-0.25, -0.2) is 4.39 Å². The molecule has 0 unspecified atom stereocenters. The van der Waals surface area contributed by atoms with Crippen molar-refractivity contribution >= 4 is 29.3 Å². The van der Waals surface area contributed by atoms with Crippen LogP contribution in [0.5, 0.6) is 0 Å². The molecule has 2 saturated heterocycles. The van der Waals surface area contributed by atoms with Gasteiger partial charge in [0.25, 0.3) is 0 Å². The Labute approximate surface area is 176 Å². The van der Waals surface area contributed by atoms with Crippen molar-refractivity contribution in [3.05, 3.63) is 65.5 Å². The summed E-state index contributed by atoms with van der Waals surface area (Å²) in [6.45, 7) is 0.0442. The first kappa shape index (κ1) is 19.4. The number of hydrogen-bond acceptors (Lipinski definition) is 5. The minimum Gasteiger partial charge on any atom is -0.370 e. The molecule has 0 bridgehead atoms. The van der Waals surface area contributed by atoms with Gasteiger partial charge in [-0.05, 0) is 23.8 Å². The van der Waals surface area contributed by atoms with Crippen LogP contribution < -0.4 is 16.4 Å². The summed E-state index contributed by atoms with van der Waals surface area (Å²) >= 11 is 0. The zero-order chi connectivity index (χ0) is 21.9. The summed E-state index contributed by atoms with van der Waals surface area (Å²) in [5.41, 5.74) is 5.09. The van der Waals surface area contributed by atoms with Gasteiger partial charge in [0.2, 0.25) is 23.6 Å². The summed E-state index contributed by atoms with van der Waals surface area (Å²) in [5.74, 6) is -4.91. The summed E-state index contributed by atoms with van der Waals surface area (Å²) in [5, 5.41) is 5.71. The number of carbonyl (C=O) groups is 4. The molecule has 2 fully saturated rings. The second-order valence-electron chi connectivity index (χ2n) is 8.12. The number of imide groups is 1. The second-order valence-corrected chi connectivity index (χ2v) is 8.12. The van der Waals surface area contributed by atoms with Crippen LogP contribution in [0.25, 0.3) is 0 Å². The lowest BCUT2D eigenvalue weighted by Crippen LogP contribution is -2.53. The summed E-state index contributed by atoms with van der Waals surface area (Å²) in [7, 11) is 0. The van der Waals surface area contributed by atoms with E-state index in [1.54, 1.807) is 24.3 Å². The number of anilines is 1. The topological polar surface area (TPSA) is 122 Å². The number of nitrogens with two attached hydrogens (primary N) is 1. The van der Waals surface area contributed by atoms with Gasteiger partial charge in [-0.1, -0.05) is 30.3 Å². The number of rotatable bonds is 4. The van der Waals surface area contributed by atoms with Gasteiger partial charge in [-0.2, -0.15) is 0 Å². The number of primary amides is 1. The second kappa shape index (κ2) is 6.71. The van der Waals surface area contributed by atoms with E-state index < -0.39 is 52.9 Å². The maximum absolute atomic E-state index is 14.1. The van der Waals surface area contributed by atoms with Gasteiger partial charge in [-0.15, -0.1) is 0 Å². The zero-order valence-electron chi connectivity index (χ0n) is 16.3. The maximum atomic E-state index is 14.1. The molecule has 3 heterocycles. The molecular formula is C22H19FN4O4. The predicted octanol–water partition coefficient (Wildman–Crippen LogP) is 0.622.